The molecule has 35 heavy (non-hydrogen) atoms. The molecule has 0 bridgehead atoms. The lowest BCUT2D eigenvalue weighted by Gasteiger charge is -2.25. The van der Waals surface area contributed by atoms with Crippen LogP contribution in [-0.4, -0.2) is 30.5 Å². The van der Waals surface area contributed by atoms with Gasteiger partial charge in [0.2, 0.25) is 0 Å². The maximum Gasteiger partial charge on any atom is 0.252 e. The highest BCUT2D eigenvalue weighted by Gasteiger charge is 2.14. The number of unbranched alkanes of at least 4 members (excludes halogenated alkanes) is 1. The summed E-state index contributed by atoms with van der Waals surface area (Å²) in [5, 5.41) is 5.47. The maximum absolute atomic E-state index is 13.2. The number of fused-ring (bicyclic) bond motifs is 1. The number of hydrogen-bond donors (Lipinski definition) is 1. The molecular formula is C29H30ClN3OS. The lowest BCUT2D eigenvalue weighted by molar-refractivity contribution is 0.0954. The van der Waals surface area contributed by atoms with Gasteiger partial charge in [-0.05, 0) is 61.4 Å². The molecule has 4 aromatic rings. The molecule has 0 aliphatic carbocycles. The molecule has 4 nitrogen and oxygen atoms in total. The van der Waals surface area contributed by atoms with Crippen molar-refractivity contribution in [2.24, 2.45) is 0 Å². The van der Waals surface area contributed by atoms with Crippen LogP contribution >= 0.6 is 23.4 Å². The first kappa shape index (κ1) is 25.1. The van der Waals surface area contributed by atoms with Gasteiger partial charge in [0, 0.05) is 40.6 Å². The third-order valence-electron chi connectivity index (χ3n) is 5.77. The minimum absolute atomic E-state index is 0.0682. The summed E-state index contributed by atoms with van der Waals surface area (Å²) >= 11 is 7.54. The number of carbonyl (C=O) groups excluding carboxylic acids is 1. The normalized spacial score (nSPS) is 10.9. The van der Waals surface area contributed by atoms with E-state index in [1.807, 2.05) is 60.7 Å². The number of amides is 1. The molecule has 1 amide bonds. The predicted molar refractivity (Wildman–Crippen MR) is 148 cm³/mol. The van der Waals surface area contributed by atoms with Crippen molar-refractivity contribution in [1.29, 1.82) is 0 Å². The molecule has 1 heterocycles. The second-order valence-electron chi connectivity index (χ2n) is 8.37. The number of para-hydroxylation sites is 2. The minimum Gasteiger partial charge on any atom is -0.371 e. The molecule has 1 N–H and O–H groups in total. The molecule has 0 atom stereocenters. The standard InChI is InChI=1S/C29H30ClN3OS/c1-2-3-19-33(23-10-5-4-6-11-23)20-9-18-31-29(34)26-21-28(32-27-13-8-7-12-25(26)27)35-24-16-14-22(30)15-17-24/h4-8,10-17,21H,2-3,9,18-20H2,1H3,(H,31,34). The highest BCUT2D eigenvalue weighted by atomic mass is 35.5. The van der Waals surface area contributed by atoms with E-state index >= 15 is 0 Å². The van der Waals surface area contributed by atoms with Crippen LogP contribution in [0, 0.1) is 0 Å². The van der Waals surface area contributed by atoms with Gasteiger partial charge in [0.25, 0.3) is 5.91 Å². The molecule has 1 aromatic heterocycles. The van der Waals surface area contributed by atoms with E-state index in [2.05, 4.69) is 41.4 Å². The summed E-state index contributed by atoms with van der Waals surface area (Å²) < 4.78 is 0. The number of benzene rings is 3. The SMILES string of the molecule is CCCCN(CCCNC(=O)c1cc(Sc2ccc(Cl)cc2)nc2ccccc12)c1ccccc1. The van der Waals surface area contributed by atoms with Crippen LogP contribution in [0.2, 0.25) is 5.02 Å². The van der Waals surface area contributed by atoms with Crippen molar-refractivity contribution in [3.05, 3.63) is 95.5 Å². The van der Waals surface area contributed by atoms with E-state index in [1.54, 1.807) is 0 Å². The Balaban J connectivity index is 1.43. The molecule has 4 rings (SSSR count). The van der Waals surface area contributed by atoms with E-state index in [1.165, 1.54) is 17.4 Å². The van der Waals surface area contributed by atoms with Gasteiger partial charge in [-0.3, -0.25) is 4.79 Å². The van der Waals surface area contributed by atoms with Crippen LogP contribution in [0.15, 0.2) is 94.9 Å². The summed E-state index contributed by atoms with van der Waals surface area (Å²) in [5.74, 6) is -0.0682. The van der Waals surface area contributed by atoms with Crippen molar-refractivity contribution < 1.29 is 4.79 Å². The fraction of sp³-hybridized carbons (Fsp3) is 0.241. The molecule has 0 saturated carbocycles. The van der Waals surface area contributed by atoms with Crippen molar-refractivity contribution in [3.8, 4) is 0 Å². The van der Waals surface area contributed by atoms with E-state index < -0.39 is 0 Å². The lowest BCUT2D eigenvalue weighted by atomic mass is 10.1. The zero-order valence-corrected chi connectivity index (χ0v) is 21.5. The van der Waals surface area contributed by atoms with Gasteiger partial charge in [-0.15, -0.1) is 0 Å². The highest BCUT2D eigenvalue weighted by molar-refractivity contribution is 7.99. The van der Waals surface area contributed by atoms with Gasteiger partial charge in [0.15, 0.2) is 0 Å². The van der Waals surface area contributed by atoms with E-state index in [-0.39, 0.29) is 5.91 Å². The number of nitrogens with one attached hydrogen (secondary N) is 1. The summed E-state index contributed by atoms with van der Waals surface area (Å²) in [6, 6.07) is 27.8. The van der Waals surface area contributed by atoms with E-state index in [0.717, 1.165) is 53.2 Å². The molecule has 0 fully saturated rings. The van der Waals surface area contributed by atoms with Gasteiger partial charge < -0.3 is 10.2 Å². The molecule has 0 aliphatic heterocycles. The van der Waals surface area contributed by atoms with Gasteiger partial charge in [-0.25, -0.2) is 4.98 Å². The van der Waals surface area contributed by atoms with Crippen molar-refractivity contribution in [2.45, 2.75) is 36.1 Å². The molecule has 0 saturated heterocycles. The number of halogens is 1. The fourth-order valence-corrected chi connectivity index (χ4v) is 4.90. The first-order valence-electron chi connectivity index (χ1n) is 12.1. The Morgan fingerprint density at radius 3 is 2.43 bits per heavy atom. The monoisotopic (exact) mass is 503 g/mol. The van der Waals surface area contributed by atoms with E-state index in [4.69, 9.17) is 16.6 Å². The van der Waals surface area contributed by atoms with E-state index in [0.29, 0.717) is 17.1 Å². The molecule has 0 radical (unpaired) electrons. The molecule has 3 aromatic carbocycles. The van der Waals surface area contributed by atoms with Crippen LogP contribution < -0.4 is 10.2 Å². The molecule has 0 aliphatic rings. The molecule has 0 spiro atoms. The van der Waals surface area contributed by atoms with Gasteiger partial charge in [-0.2, -0.15) is 0 Å². The molecule has 6 heteroatoms. The average molecular weight is 504 g/mol. The van der Waals surface area contributed by atoms with Gasteiger partial charge in [-0.1, -0.05) is 73.1 Å². The lowest BCUT2D eigenvalue weighted by Crippen LogP contribution is -2.30. The van der Waals surface area contributed by atoms with Crippen molar-refractivity contribution in [3.63, 3.8) is 0 Å². The van der Waals surface area contributed by atoms with Crippen LogP contribution in [0.1, 0.15) is 36.5 Å². The van der Waals surface area contributed by atoms with Crippen molar-refractivity contribution >= 4 is 45.9 Å². The Morgan fingerprint density at radius 1 is 0.943 bits per heavy atom. The number of anilines is 1. The summed E-state index contributed by atoms with van der Waals surface area (Å²) in [5.41, 5.74) is 2.70. The number of pyridine rings is 1. The summed E-state index contributed by atoms with van der Waals surface area (Å²) in [7, 11) is 0. The number of aromatic nitrogens is 1. The number of hydrogen-bond acceptors (Lipinski definition) is 4. The fourth-order valence-electron chi connectivity index (χ4n) is 3.94. The highest BCUT2D eigenvalue weighted by Crippen LogP contribution is 2.30. The third-order valence-corrected chi connectivity index (χ3v) is 6.94. The second-order valence-corrected chi connectivity index (χ2v) is 9.90. The minimum atomic E-state index is -0.0682. The molecule has 180 valence electrons. The van der Waals surface area contributed by atoms with Crippen LogP contribution in [0.5, 0.6) is 0 Å². The van der Waals surface area contributed by atoms with Crippen molar-refractivity contribution in [1.82, 2.24) is 10.3 Å². The summed E-state index contributed by atoms with van der Waals surface area (Å²) in [6.45, 7) is 4.75. The molecular weight excluding hydrogens is 474 g/mol. The van der Waals surface area contributed by atoms with Crippen molar-refractivity contribution in [2.75, 3.05) is 24.5 Å². The Morgan fingerprint density at radius 2 is 1.66 bits per heavy atom. The first-order valence-corrected chi connectivity index (χ1v) is 13.2. The Labute approximate surface area is 216 Å². The number of carbonyl (C=O) groups is 1. The molecule has 0 unspecified atom stereocenters. The average Bonchev–Trinajstić information content (AvgIpc) is 2.89. The third kappa shape index (κ3) is 7.00. The maximum atomic E-state index is 13.2. The van der Waals surface area contributed by atoms with Gasteiger partial charge >= 0.3 is 0 Å². The second kappa shape index (κ2) is 12.6. The summed E-state index contributed by atoms with van der Waals surface area (Å²) in [6.07, 6.45) is 3.18. The van der Waals surface area contributed by atoms with Crippen LogP contribution in [0.3, 0.4) is 0 Å². The Hall–Kier alpha value is -3.02. The predicted octanol–water partition coefficient (Wildman–Crippen LogP) is 7.47. The number of rotatable bonds is 11. The van der Waals surface area contributed by atoms with Crippen LogP contribution in [-0.2, 0) is 0 Å². The van der Waals surface area contributed by atoms with Crippen LogP contribution in [0.25, 0.3) is 10.9 Å². The number of nitrogens with zero attached hydrogens (tertiary/aromatic N) is 2. The topological polar surface area (TPSA) is 45.2 Å². The van der Waals surface area contributed by atoms with Crippen LogP contribution in [0.4, 0.5) is 5.69 Å². The quantitative estimate of drug-likeness (QED) is 0.216. The smallest absolute Gasteiger partial charge is 0.252 e. The largest absolute Gasteiger partial charge is 0.371 e. The first-order chi connectivity index (χ1) is 17.1. The van der Waals surface area contributed by atoms with Gasteiger partial charge in [0.1, 0.15) is 5.03 Å². The van der Waals surface area contributed by atoms with E-state index in [9.17, 15) is 4.79 Å². The van der Waals surface area contributed by atoms with Gasteiger partial charge in [0.05, 0.1) is 11.1 Å². The zero-order chi connectivity index (χ0) is 24.5. The Bertz CT molecular complexity index is 1250. The summed E-state index contributed by atoms with van der Waals surface area (Å²) in [4.78, 5) is 21.4. The Kier molecular flexibility index (Phi) is 9.04. The zero-order valence-electron chi connectivity index (χ0n) is 19.9.